The second-order valence-corrected chi connectivity index (χ2v) is 3.93. The molecule has 0 atom stereocenters. The SMILES string of the molecule is Cc1ccc(COc2ccc(O)cc2O)cc1. The predicted molar refractivity (Wildman–Crippen MR) is 65.3 cm³/mol. The molecule has 0 aliphatic heterocycles. The lowest BCUT2D eigenvalue weighted by Gasteiger charge is -2.08. The quantitative estimate of drug-likeness (QED) is 0.852. The zero-order valence-corrected chi connectivity index (χ0v) is 9.55. The Bertz CT molecular complexity index is 503. The minimum atomic E-state index is -0.0582. The maximum Gasteiger partial charge on any atom is 0.161 e. The van der Waals surface area contributed by atoms with E-state index in [-0.39, 0.29) is 11.5 Å². The van der Waals surface area contributed by atoms with Crippen molar-refractivity contribution < 1.29 is 14.9 Å². The van der Waals surface area contributed by atoms with E-state index in [0.29, 0.717) is 12.4 Å². The molecule has 88 valence electrons. The molecule has 0 saturated carbocycles. The molecule has 0 radical (unpaired) electrons. The maximum atomic E-state index is 9.53. The van der Waals surface area contributed by atoms with Crippen LogP contribution in [0.25, 0.3) is 0 Å². The first-order valence-corrected chi connectivity index (χ1v) is 5.35. The van der Waals surface area contributed by atoms with Gasteiger partial charge in [0, 0.05) is 6.07 Å². The van der Waals surface area contributed by atoms with E-state index in [0.717, 1.165) is 5.56 Å². The Morgan fingerprint density at radius 3 is 2.35 bits per heavy atom. The molecular formula is C14H14O3. The summed E-state index contributed by atoms with van der Waals surface area (Å²) in [5.74, 6) is 0.325. The van der Waals surface area contributed by atoms with Gasteiger partial charge in [-0.3, -0.25) is 0 Å². The molecule has 0 amide bonds. The van der Waals surface area contributed by atoms with E-state index in [4.69, 9.17) is 9.84 Å². The van der Waals surface area contributed by atoms with Crippen LogP contribution >= 0.6 is 0 Å². The minimum Gasteiger partial charge on any atom is -0.508 e. The van der Waals surface area contributed by atoms with E-state index in [1.807, 2.05) is 31.2 Å². The molecule has 17 heavy (non-hydrogen) atoms. The van der Waals surface area contributed by atoms with Crippen molar-refractivity contribution in [2.45, 2.75) is 13.5 Å². The first-order chi connectivity index (χ1) is 8.15. The van der Waals surface area contributed by atoms with Crippen LogP contribution in [0.3, 0.4) is 0 Å². The van der Waals surface area contributed by atoms with E-state index < -0.39 is 0 Å². The summed E-state index contributed by atoms with van der Waals surface area (Å²) in [6, 6.07) is 12.2. The van der Waals surface area contributed by atoms with Gasteiger partial charge in [0.25, 0.3) is 0 Å². The average Bonchev–Trinajstić information content (AvgIpc) is 2.30. The van der Waals surface area contributed by atoms with Gasteiger partial charge in [-0.25, -0.2) is 0 Å². The van der Waals surface area contributed by atoms with Crippen molar-refractivity contribution in [1.29, 1.82) is 0 Å². The largest absolute Gasteiger partial charge is 0.508 e. The molecule has 0 unspecified atom stereocenters. The number of aromatic hydroxyl groups is 2. The van der Waals surface area contributed by atoms with Gasteiger partial charge >= 0.3 is 0 Å². The van der Waals surface area contributed by atoms with Crippen molar-refractivity contribution in [3.63, 3.8) is 0 Å². The molecular weight excluding hydrogens is 216 g/mol. The summed E-state index contributed by atoms with van der Waals surface area (Å²) in [7, 11) is 0. The third-order valence-corrected chi connectivity index (χ3v) is 2.46. The van der Waals surface area contributed by atoms with Gasteiger partial charge in [0.15, 0.2) is 11.5 Å². The van der Waals surface area contributed by atoms with Crippen molar-refractivity contribution in [3.8, 4) is 17.2 Å². The molecule has 2 aromatic carbocycles. The van der Waals surface area contributed by atoms with Crippen molar-refractivity contribution >= 4 is 0 Å². The second-order valence-electron chi connectivity index (χ2n) is 3.93. The van der Waals surface area contributed by atoms with Crippen LogP contribution in [0.15, 0.2) is 42.5 Å². The minimum absolute atomic E-state index is 0.0187. The summed E-state index contributed by atoms with van der Waals surface area (Å²) in [4.78, 5) is 0. The first-order valence-electron chi connectivity index (χ1n) is 5.35. The Balaban J connectivity index is 2.04. The number of hydrogen-bond acceptors (Lipinski definition) is 3. The van der Waals surface area contributed by atoms with Crippen molar-refractivity contribution in [3.05, 3.63) is 53.6 Å². The predicted octanol–water partition coefficient (Wildman–Crippen LogP) is 2.99. The first kappa shape index (κ1) is 11.3. The molecule has 0 bridgehead atoms. The highest BCUT2D eigenvalue weighted by Crippen LogP contribution is 2.29. The van der Waals surface area contributed by atoms with Gasteiger partial charge in [-0.2, -0.15) is 0 Å². The molecule has 0 aromatic heterocycles. The fraction of sp³-hybridized carbons (Fsp3) is 0.143. The van der Waals surface area contributed by atoms with Gasteiger partial charge in [0.1, 0.15) is 12.4 Å². The highest BCUT2D eigenvalue weighted by molar-refractivity contribution is 5.43. The highest BCUT2D eigenvalue weighted by Gasteiger charge is 2.03. The summed E-state index contributed by atoms with van der Waals surface area (Å²) >= 11 is 0. The van der Waals surface area contributed by atoms with Crippen LogP contribution in [0.2, 0.25) is 0 Å². The lowest BCUT2D eigenvalue weighted by molar-refractivity contribution is 0.288. The second kappa shape index (κ2) is 4.78. The molecule has 0 fully saturated rings. The standard InChI is InChI=1S/C14H14O3/c1-10-2-4-11(5-3-10)9-17-14-7-6-12(15)8-13(14)16/h2-8,15-16H,9H2,1H3. The fourth-order valence-corrected chi connectivity index (χ4v) is 1.47. The number of phenols is 2. The molecule has 0 heterocycles. The third kappa shape index (κ3) is 2.91. The molecule has 0 spiro atoms. The zero-order chi connectivity index (χ0) is 12.3. The van der Waals surface area contributed by atoms with Crippen LogP contribution in [-0.2, 0) is 6.61 Å². The number of ether oxygens (including phenoxy) is 1. The molecule has 0 aliphatic rings. The van der Waals surface area contributed by atoms with Crippen LogP contribution in [0, 0.1) is 6.92 Å². The Labute approximate surface area is 99.9 Å². The number of aryl methyl sites for hydroxylation is 1. The normalized spacial score (nSPS) is 10.2. The van der Waals surface area contributed by atoms with Gasteiger partial charge in [0.2, 0.25) is 0 Å². The van der Waals surface area contributed by atoms with E-state index in [1.165, 1.54) is 17.7 Å². The lowest BCUT2D eigenvalue weighted by atomic mass is 10.2. The summed E-state index contributed by atoms with van der Waals surface area (Å²) in [5, 5.41) is 18.7. The molecule has 2 aromatic rings. The summed E-state index contributed by atoms with van der Waals surface area (Å²) in [6.45, 7) is 2.41. The van der Waals surface area contributed by atoms with Gasteiger partial charge in [-0.15, -0.1) is 0 Å². The van der Waals surface area contributed by atoms with Crippen molar-refractivity contribution in [2.24, 2.45) is 0 Å². The topological polar surface area (TPSA) is 49.7 Å². The fourth-order valence-electron chi connectivity index (χ4n) is 1.47. The van der Waals surface area contributed by atoms with Gasteiger partial charge in [0.05, 0.1) is 0 Å². The highest BCUT2D eigenvalue weighted by atomic mass is 16.5. The van der Waals surface area contributed by atoms with E-state index >= 15 is 0 Å². The Morgan fingerprint density at radius 1 is 1.00 bits per heavy atom. The molecule has 3 heteroatoms. The van der Waals surface area contributed by atoms with Crippen molar-refractivity contribution in [1.82, 2.24) is 0 Å². The number of hydrogen-bond donors (Lipinski definition) is 2. The lowest BCUT2D eigenvalue weighted by Crippen LogP contribution is -1.95. The number of benzene rings is 2. The maximum absolute atomic E-state index is 9.53. The van der Waals surface area contributed by atoms with Crippen LogP contribution in [0.4, 0.5) is 0 Å². The monoisotopic (exact) mass is 230 g/mol. The Kier molecular flexibility index (Phi) is 3.19. The van der Waals surface area contributed by atoms with Gasteiger partial charge in [-0.05, 0) is 24.6 Å². The summed E-state index contributed by atoms with van der Waals surface area (Å²) in [5.41, 5.74) is 2.23. The van der Waals surface area contributed by atoms with E-state index in [2.05, 4.69) is 0 Å². The van der Waals surface area contributed by atoms with E-state index in [1.54, 1.807) is 6.07 Å². The average molecular weight is 230 g/mol. The Morgan fingerprint density at radius 2 is 1.71 bits per heavy atom. The molecule has 0 saturated heterocycles. The molecule has 2 N–H and O–H groups in total. The summed E-state index contributed by atoms with van der Waals surface area (Å²) in [6.07, 6.45) is 0. The van der Waals surface area contributed by atoms with Gasteiger partial charge < -0.3 is 14.9 Å². The van der Waals surface area contributed by atoms with Crippen LogP contribution < -0.4 is 4.74 Å². The van der Waals surface area contributed by atoms with Crippen LogP contribution in [-0.4, -0.2) is 10.2 Å². The third-order valence-electron chi connectivity index (χ3n) is 2.46. The summed E-state index contributed by atoms with van der Waals surface area (Å²) < 4.78 is 5.46. The van der Waals surface area contributed by atoms with Gasteiger partial charge in [-0.1, -0.05) is 29.8 Å². The molecule has 0 aliphatic carbocycles. The smallest absolute Gasteiger partial charge is 0.161 e. The number of rotatable bonds is 3. The van der Waals surface area contributed by atoms with Crippen molar-refractivity contribution in [2.75, 3.05) is 0 Å². The van der Waals surface area contributed by atoms with Crippen LogP contribution in [0.5, 0.6) is 17.2 Å². The van der Waals surface area contributed by atoms with E-state index in [9.17, 15) is 5.11 Å². The zero-order valence-electron chi connectivity index (χ0n) is 9.55. The van der Waals surface area contributed by atoms with Crippen LogP contribution in [0.1, 0.15) is 11.1 Å². The molecule has 3 nitrogen and oxygen atoms in total. The number of phenolic OH excluding ortho intramolecular Hbond substituents is 2. The Hall–Kier alpha value is -2.16. The molecule has 2 rings (SSSR count).